The molecule has 0 fully saturated rings. The van der Waals surface area contributed by atoms with Crippen LogP contribution in [0.3, 0.4) is 0 Å². The van der Waals surface area contributed by atoms with Crippen LogP contribution >= 0.6 is 15.9 Å². The summed E-state index contributed by atoms with van der Waals surface area (Å²) in [5, 5.41) is 0. The first kappa shape index (κ1) is 12.1. The van der Waals surface area contributed by atoms with Gasteiger partial charge >= 0.3 is 0 Å². The molecule has 0 atom stereocenters. The maximum Gasteiger partial charge on any atom is 0.131 e. The molecule has 2 N–H and O–H groups in total. The number of benzene rings is 1. The number of hydrogen-bond acceptors (Lipinski definition) is 3. The Hall–Kier alpha value is -1.00. The van der Waals surface area contributed by atoms with Crippen molar-refractivity contribution >= 4 is 21.5 Å². The Bertz CT molecular complexity index is 377. The van der Waals surface area contributed by atoms with Crippen molar-refractivity contribution in [2.45, 2.75) is 0 Å². The average Bonchev–Trinajstić information content (AvgIpc) is 2.26. The molecule has 15 heavy (non-hydrogen) atoms. The van der Waals surface area contributed by atoms with E-state index in [0.717, 1.165) is 21.4 Å². The third kappa shape index (κ3) is 2.52. The van der Waals surface area contributed by atoms with Crippen LogP contribution in [0, 0.1) is 0 Å². The van der Waals surface area contributed by atoms with Crippen LogP contribution in [-0.2, 0) is 0 Å². The third-order valence-electron chi connectivity index (χ3n) is 2.08. The van der Waals surface area contributed by atoms with Crippen molar-refractivity contribution in [2.24, 2.45) is 5.73 Å². The molecule has 3 nitrogen and oxygen atoms in total. The van der Waals surface area contributed by atoms with Gasteiger partial charge in [-0.25, -0.2) is 0 Å². The summed E-state index contributed by atoms with van der Waals surface area (Å²) in [5.74, 6) is 1.43. The highest BCUT2D eigenvalue weighted by Gasteiger charge is 2.12. The molecule has 0 aliphatic carbocycles. The molecule has 0 saturated carbocycles. The van der Waals surface area contributed by atoms with Crippen LogP contribution < -0.4 is 15.2 Å². The van der Waals surface area contributed by atoms with Gasteiger partial charge in [0.2, 0.25) is 0 Å². The van der Waals surface area contributed by atoms with Crippen LogP contribution in [0.25, 0.3) is 5.57 Å². The van der Waals surface area contributed by atoms with Crippen molar-refractivity contribution in [3.05, 3.63) is 28.7 Å². The number of ether oxygens (including phenoxy) is 2. The quantitative estimate of drug-likeness (QED) is 0.915. The number of halogens is 1. The Morgan fingerprint density at radius 3 is 2.53 bits per heavy atom. The summed E-state index contributed by atoms with van der Waals surface area (Å²) in [6.45, 7) is 4.28. The van der Waals surface area contributed by atoms with Gasteiger partial charge in [0.05, 0.1) is 14.2 Å². The molecule has 0 aliphatic rings. The van der Waals surface area contributed by atoms with Crippen molar-refractivity contribution in [3.8, 4) is 11.5 Å². The van der Waals surface area contributed by atoms with E-state index in [1.807, 2.05) is 6.07 Å². The molecule has 0 bridgehead atoms. The van der Waals surface area contributed by atoms with Gasteiger partial charge < -0.3 is 15.2 Å². The van der Waals surface area contributed by atoms with E-state index in [9.17, 15) is 0 Å². The number of nitrogens with two attached hydrogens (primary N) is 1. The minimum absolute atomic E-state index is 0.390. The number of methoxy groups -OCH3 is 2. The molecule has 1 rings (SSSR count). The molecule has 82 valence electrons. The van der Waals surface area contributed by atoms with Crippen LogP contribution in [0.2, 0.25) is 0 Å². The predicted molar refractivity (Wildman–Crippen MR) is 65.3 cm³/mol. The van der Waals surface area contributed by atoms with Crippen molar-refractivity contribution in [2.75, 3.05) is 20.8 Å². The normalized spacial score (nSPS) is 9.87. The zero-order chi connectivity index (χ0) is 11.4. The zero-order valence-electron chi connectivity index (χ0n) is 8.84. The van der Waals surface area contributed by atoms with E-state index in [0.29, 0.717) is 12.3 Å². The lowest BCUT2D eigenvalue weighted by Gasteiger charge is -2.13. The van der Waals surface area contributed by atoms with Gasteiger partial charge in [-0.2, -0.15) is 0 Å². The maximum absolute atomic E-state index is 5.56. The second-order valence-corrected chi connectivity index (χ2v) is 3.85. The molecule has 0 unspecified atom stereocenters. The Morgan fingerprint density at radius 1 is 1.40 bits per heavy atom. The molecular formula is C11H14BrNO2. The first-order valence-corrected chi connectivity index (χ1v) is 5.23. The lowest BCUT2D eigenvalue weighted by Crippen LogP contribution is -2.03. The van der Waals surface area contributed by atoms with E-state index in [1.54, 1.807) is 20.3 Å². The fraction of sp³-hybridized carbons (Fsp3) is 0.273. The summed E-state index contributed by atoms with van der Waals surface area (Å²) in [6, 6.07) is 3.67. The fourth-order valence-electron chi connectivity index (χ4n) is 1.28. The van der Waals surface area contributed by atoms with Gasteiger partial charge in [-0.1, -0.05) is 6.58 Å². The van der Waals surface area contributed by atoms with E-state index >= 15 is 0 Å². The highest BCUT2D eigenvalue weighted by Crippen LogP contribution is 2.36. The summed E-state index contributed by atoms with van der Waals surface area (Å²) in [7, 11) is 3.22. The molecule has 0 heterocycles. The summed E-state index contributed by atoms with van der Waals surface area (Å²) in [5.41, 5.74) is 7.27. The highest BCUT2D eigenvalue weighted by atomic mass is 79.9. The molecule has 0 aromatic heterocycles. The van der Waals surface area contributed by atoms with Crippen molar-refractivity contribution in [1.29, 1.82) is 0 Å². The monoisotopic (exact) mass is 271 g/mol. The summed E-state index contributed by atoms with van der Waals surface area (Å²) < 4.78 is 11.3. The topological polar surface area (TPSA) is 44.5 Å². The molecule has 4 heteroatoms. The van der Waals surface area contributed by atoms with Crippen molar-refractivity contribution in [3.63, 3.8) is 0 Å². The molecule has 0 spiro atoms. The lowest BCUT2D eigenvalue weighted by atomic mass is 10.1. The van der Waals surface area contributed by atoms with Gasteiger partial charge in [0.25, 0.3) is 0 Å². The van der Waals surface area contributed by atoms with Gasteiger partial charge in [0.1, 0.15) is 11.5 Å². The Balaban J connectivity index is 3.30. The van der Waals surface area contributed by atoms with E-state index in [4.69, 9.17) is 15.2 Å². The second kappa shape index (κ2) is 5.19. The number of hydrogen-bond donors (Lipinski definition) is 1. The Labute approximate surface area is 98.0 Å². The highest BCUT2D eigenvalue weighted by molar-refractivity contribution is 9.10. The van der Waals surface area contributed by atoms with Gasteiger partial charge in [0, 0.05) is 22.6 Å². The molecule has 0 amide bonds. The summed E-state index contributed by atoms with van der Waals surface area (Å²) in [6.07, 6.45) is 0. The molecule has 1 aromatic carbocycles. The van der Waals surface area contributed by atoms with Gasteiger partial charge in [-0.3, -0.25) is 0 Å². The van der Waals surface area contributed by atoms with Crippen LogP contribution in [0.1, 0.15) is 5.56 Å². The molecule has 0 radical (unpaired) electrons. The van der Waals surface area contributed by atoms with E-state index in [1.165, 1.54) is 0 Å². The van der Waals surface area contributed by atoms with E-state index in [2.05, 4.69) is 22.5 Å². The first-order valence-electron chi connectivity index (χ1n) is 4.43. The average molecular weight is 272 g/mol. The molecule has 0 saturated heterocycles. The second-order valence-electron chi connectivity index (χ2n) is 2.99. The minimum atomic E-state index is 0.390. The number of rotatable bonds is 4. The lowest BCUT2D eigenvalue weighted by molar-refractivity contribution is 0.393. The van der Waals surface area contributed by atoms with Gasteiger partial charge in [-0.15, -0.1) is 0 Å². The smallest absolute Gasteiger partial charge is 0.131 e. The SMILES string of the molecule is C=C(CN)c1c(Br)cc(OC)cc1OC. The van der Waals surface area contributed by atoms with Crippen molar-refractivity contribution in [1.82, 2.24) is 0 Å². The predicted octanol–water partition coefficient (Wildman–Crippen LogP) is 2.44. The van der Waals surface area contributed by atoms with Crippen LogP contribution in [0.5, 0.6) is 11.5 Å². The fourth-order valence-corrected chi connectivity index (χ4v) is 1.98. The van der Waals surface area contributed by atoms with Gasteiger partial charge in [-0.05, 0) is 27.6 Å². The van der Waals surface area contributed by atoms with E-state index < -0.39 is 0 Å². The third-order valence-corrected chi connectivity index (χ3v) is 2.71. The summed E-state index contributed by atoms with van der Waals surface area (Å²) >= 11 is 3.44. The van der Waals surface area contributed by atoms with Crippen molar-refractivity contribution < 1.29 is 9.47 Å². The molecule has 0 aliphatic heterocycles. The first-order chi connectivity index (χ1) is 7.13. The van der Waals surface area contributed by atoms with Crippen LogP contribution in [-0.4, -0.2) is 20.8 Å². The van der Waals surface area contributed by atoms with Crippen LogP contribution in [0.4, 0.5) is 0 Å². The van der Waals surface area contributed by atoms with Crippen LogP contribution in [0.15, 0.2) is 23.2 Å². The molecular weight excluding hydrogens is 258 g/mol. The molecule has 1 aromatic rings. The maximum atomic E-state index is 5.56. The summed E-state index contributed by atoms with van der Waals surface area (Å²) in [4.78, 5) is 0. The standard InChI is InChI=1S/C11H14BrNO2/c1-7(6-13)11-9(12)4-8(14-2)5-10(11)15-3/h4-5H,1,6,13H2,2-3H3. The Kier molecular flexibility index (Phi) is 4.17. The van der Waals surface area contributed by atoms with E-state index in [-0.39, 0.29) is 0 Å². The Morgan fingerprint density at radius 2 is 2.07 bits per heavy atom. The zero-order valence-corrected chi connectivity index (χ0v) is 10.4. The minimum Gasteiger partial charge on any atom is -0.497 e. The largest absolute Gasteiger partial charge is 0.497 e. The van der Waals surface area contributed by atoms with Gasteiger partial charge in [0.15, 0.2) is 0 Å².